The first-order valence-corrected chi connectivity index (χ1v) is 7.59. The zero-order valence-corrected chi connectivity index (χ0v) is 13.1. The number of aromatic amines is 1. The zero-order chi connectivity index (χ0) is 18.1. The van der Waals surface area contributed by atoms with Crippen molar-refractivity contribution in [2.75, 3.05) is 5.43 Å². The van der Waals surface area contributed by atoms with Crippen LogP contribution in [0.4, 0.5) is 19.1 Å². The summed E-state index contributed by atoms with van der Waals surface area (Å²) in [6.45, 7) is 0. The molecule has 0 unspecified atom stereocenters. The molecule has 6 nitrogen and oxygen atoms in total. The molecule has 0 bridgehead atoms. The predicted octanol–water partition coefficient (Wildman–Crippen LogP) is 3.97. The summed E-state index contributed by atoms with van der Waals surface area (Å²) in [5, 5.41) is 12.7. The van der Waals surface area contributed by atoms with E-state index in [1.807, 2.05) is 24.3 Å². The molecular formula is C17H11F3N6. The molecule has 0 aliphatic rings. The Hall–Kier alpha value is -3.49. The van der Waals surface area contributed by atoms with Gasteiger partial charge in [-0.3, -0.25) is 0 Å². The average Bonchev–Trinajstić information content (AvgIpc) is 2.99. The Morgan fingerprint density at radius 1 is 1.00 bits per heavy atom. The number of hydrazone groups is 1. The van der Waals surface area contributed by atoms with Crippen molar-refractivity contribution < 1.29 is 13.2 Å². The summed E-state index contributed by atoms with van der Waals surface area (Å²) in [6.07, 6.45) is -3.38. The van der Waals surface area contributed by atoms with Crippen molar-refractivity contribution >= 4 is 34.2 Å². The van der Waals surface area contributed by atoms with Crippen LogP contribution < -0.4 is 5.43 Å². The van der Waals surface area contributed by atoms with Gasteiger partial charge in [0.05, 0.1) is 11.8 Å². The number of H-pyrrole nitrogens is 1. The normalized spacial score (nSPS) is 12.3. The lowest BCUT2D eigenvalue weighted by Gasteiger charge is -2.09. The van der Waals surface area contributed by atoms with Crippen molar-refractivity contribution in [2.24, 2.45) is 5.10 Å². The molecule has 0 radical (unpaired) electrons. The fraction of sp³-hybridized carbons (Fsp3) is 0.0588. The van der Waals surface area contributed by atoms with Crippen LogP contribution in [0.3, 0.4) is 0 Å². The largest absolute Gasteiger partial charge is 0.417 e. The molecule has 2 aromatic carbocycles. The maximum absolute atomic E-state index is 13.0. The minimum absolute atomic E-state index is 0.0628. The highest BCUT2D eigenvalue weighted by atomic mass is 19.4. The van der Waals surface area contributed by atoms with Crippen LogP contribution in [0, 0.1) is 0 Å². The lowest BCUT2D eigenvalue weighted by atomic mass is 10.1. The van der Waals surface area contributed by atoms with E-state index in [0.29, 0.717) is 11.2 Å². The molecule has 9 heteroatoms. The number of fused-ring (bicyclic) bond motifs is 3. The molecule has 0 saturated carbocycles. The molecule has 0 saturated heterocycles. The number of anilines is 1. The number of nitrogens with zero attached hydrogens (tertiary/aromatic N) is 4. The predicted molar refractivity (Wildman–Crippen MR) is 91.9 cm³/mol. The van der Waals surface area contributed by atoms with E-state index in [0.717, 1.165) is 23.2 Å². The van der Waals surface area contributed by atoms with E-state index < -0.39 is 11.7 Å². The fourth-order valence-corrected chi connectivity index (χ4v) is 2.60. The molecule has 26 heavy (non-hydrogen) atoms. The van der Waals surface area contributed by atoms with Crippen LogP contribution in [0.25, 0.3) is 22.1 Å². The van der Waals surface area contributed by atoms with Crippen LogP contribution in [0.1, 0.15) is 11.1 Å². The Labute approximate surface area is 144 Å². The van der Waals surface area contributed by atoms with Crippen LogP contribution in [0.2, 0.25) is 0 Å². The average molecular weight is 356 g/mol. The van der Waals surface area contributed by atoms with Crippen LogP contribution in [0.5, 0.6) is 0 Å². The van der Waals surface area contributed by atoms with Gasteiger partial charge in [0.25, 0.3) is 5.95 Å². The molecule has 4 rings (SSSR count). The molecule has 0 amide bonds. The lowest BCUT2D eigenvalue weighted by molar-refractivity contribution is -0.137. The van der Waals surface area contributed by atoms with Gasteiger partial charge in [0, 0.05) is 16.5 Å². The van der Waals surface area contributed by atoms with E-state index in [4.69, 9.17) is 0 Å². The van der Waals surface area contributed by atoms with Gasteiger partial charge in [-0.2, -0.15) is 23.3 Å². The highest BCUT2D eigenvalue weighted by Gasteiger charge is 2.32. The van der Waals surface area contributed by atoms with Crippen molar-refractivity contribution in [3.8, 4) is 0 Å². The monoisotopic (exact) mass is 356 g/mol. The number of para-hydroxylation sites is 1. The molecule has 130 valence electrons. The van der Waals surface area contributed by atoms with Gasteiger partial charge in [-0.25, -0.2) is 5.43 Å². The first-order valence-electron chi connectivity index (χ1n) is 7.59. The van der Waals surface area contributed by atoms with Gasteiger partial charge in [-0.05, 0) is 12.1 Å². The van der Waals surface area contributed by atoms with Crippen molar-refractivity contribution in [1.82, 2.24) is 20.2 Å². The zero-order valence-electron chi connectivity index (χ0n) is 13.1. The van der Waals surface area contributed by atoms with Gasteiger partial charge < -0.3 is 4.98 Å². The second-order valence-corrected chi connectivity index (χ2v) is 5.46. The molecule has 4 aromatic rings. The summed E-state index contributed by atoms with van der Waals surface area (Å²) in [5.74, 6) is 0.0739. The van der Waals surface area contributed by atoms with Gasteiger partial charge in [0.2, 0.25) is 0 Å². The Balaban J connectivity index is 1.60. The highest BCUT2D eigenvalue weighted by molar-refractivity contribution is 6.03. The Bertz CT molecular complexity index is 1120. The number of rotatable bonds is 3. The lowest BCUT2D eigenvalue weighted by Crippen LogP contribution is -2.09. The third kappa shape index (κ3) is 2.94. The van der Waals surface area contributed by atoms with Crippen LogP contribution >= 0.6 is 0 Å². The summed E-state index contributed by atoms with van der Waals surface area (Å²) in [6, 6.07) is 12.7. The molecule has 0 spiro atoms. The van der Waals surface area contributed by atoms with Gasteiger partial charge in [-0.15, -0.1) is 10.2 Å². The summed E-state index contributed by atoms with van der Waals surface area (Å²) in [5.41, 5.74) is 3.66. The molecule has 2 aromatic heterocycles. The third-order valence-corrected chi connectivity index (χ3v) is 3.76. The number of aromatic nitrogens is 4. The topological polar surface area (TPSA) is 78.8 Å². The number of nitrogens with one attached hydrogen (secondary N) is 2. The van der Waals surface area contributed by atoms with E-state index in [1.54, 1.807) is 0 Å². The minimum atomic E-state index is -4.45. The second-order valence-electron chi connectivity index (χ2n) is 5.46. The standard InChI is InChI=1S/C17H11F3N6/c18-17(19,20)12-7-3-1-5-10(12)9-21-25-16-23-15-14(24-26-16)11-6-2-4-8-13(11)22-15/h1-9H,(H2,22,23,25,26). The molecule has 2 N–H and O–H groups in total. The molecule has 2 heterocycles. The van der Waals surface area contributed by atoms with Gasteiger partial charge in [0.1, 0.15) is 5.52 Å². The summed E-state index contributed by atoms with van der Waals surface area (Å²) in [7, 11) is 0. The Morgan fingerprint density at radius 2 is 1.77 bits per heavy atom. The molecule has 0 aliphatic carbocycles. The van der Waals surface area contributed by atoms with Gasteiger partial charge in [-0.1, -0.05) is 36.4 Å². The third-order valence-electron chi connectivity index (χ3n) is 3.76. The van der Waals surface area contributed by atoms with Crippen LogP contribution in [-0.4, -0.2) is 26.4 Å². The molecule has 0 atom stereocenters. The maximum Gasteiger partial charge on any atom is 0.417 e. The summed E-state index contributed by atoms with van der Waals surface area (Å²) in [4.78, 5) is 7.34. The quantitative estimate of drug-likeness (QED) is 0.430. The van der Waals surface area contributed by atoms with Gasteiger partial charge in [0.15, 0.2) is 5.65 Å². The van der Waals surface area contributed by atoms with E-state index in [2.05, 4.69) is 30.7 Å². The highest BCUT2D eigenvalue weighted by Crippen LogP contribution is 2.31. The van der Waals surface area contributed by atoms with Crippen molar-refractivity contribution in [1.29, 1.82) is 0 Å². The van der Waals surface area contributed by atoms with E-state index in [-0.39, 0.29) is 11.5 Å². The molecule has 0 fully saturated rings. The first kappa shape index (κ1) is 16.0. The second kappa shape index (κ2) is 6.10. The molecular weight excluding hydrogens is 345 g/mol. The summed E-state index contributed by atoms with van der Waals surface area (Å²) < 4.78 is 38.9. The van der Waals surface area contributed by atoms with Crippen molar-refractivity contribution in [3.63, 3.8) is 0 Å². The van der Waals surface area contributed by atoms with E-state index in [9.17, 15) is 13.2 Å². The number of hydrogen-bond donors (Lipinski definition) is 2. The fourth-order valence-electron chi connectivity index (χ4n) is 2.60. The summed E-state index contributed by atoms with van der Waals surface area (Å²) >= 11 is 0. The van der Waals surface area contributed by atoms with E-state index >= 15 is 0 Å². The number of hydrogen-bond acceptors (Lipinski definition) is 5. The van der Waals surface area contributed by atoms with Crippen LogP contribution in [-0.2, 0) is 6.18 Å². The minimum Gasteiger partial charge on any atom is -0.338 e. The maximum atomic E-state index is 13.0. The number of benzene rings is 2. The Morgan fingerprint density at radius 3 is 2.62 bits per heavy atom. The van der Waals surface area contributed by atoms with Crippen molar-refractivity contribution in [2.45, 2.75) is 6.18 Å². The van der Waals surface area contributed by atoms with E-state index in [1.165, 1.54) is 18.2 Å². The number of alkyl halides is 3. The van der Waals surface area contributed by atoms with Gasteiger partial charge >= 0.3 is 6.18 Å². The Kier molecular flexibility index (Phi) is 3.76. The number of halogens is 3. The van der Waals surface area contributed by atoms with Crippen molar-refractivity contribution in [3.05, 3.63) is 59.7 Å². The smallest absolute Gasteiger partial charge is 0.338 e. The SMILES string of the molecule is FC(F)(F)c1ccccc1C=NNc1nnc2c(n1)[nH]c1ccccc12. The molecule has 0 aliphatic heterocycles. The first-order chi connectivity index (χ1) is 12.5. The van der Waals surface area contributed by atoms with Crippen LogP contribution in [0.15, 0.2) is 53.6 Å².